The number of nitrogens with two attached hydrogens (primary N) is 1. The molecule has 0 aliphatic rings. The lowest BCUT2D eigenvalue weighted by molar-refractivity contribution is 0.443. The van der Waals surface area contributed by atoms with Crippen LogP contribution in [0.4, 0.5) is 5.69 Å². The van der Waals surface area contributed by atoms with Crippen LogP contribution >= 0.6 is 0 Å². The van der Waals surface area contributed by atoms with Gasteiger partial charge in [-0.1, -0.05) is 24.3 Å². The molecule has 4 aromatic carbocycles. The van der Waals surface area contributed by atoms with Crippen LogP contribution in [0.2, 0.25) is 0 Å². The first-order valence-corrected chi connectivity index (χ1v) is 22.9. The maximum atomic E-state index is 13.9. The molecule has 0 aliphatic heterocycles. The monoisotopic (exact) mass is 817 g/mol. The van der Waals surface area contributed by atoms with Gasteiger partial charge in [0.25, 0.3) is 0 Å². The summed E-state index contributed by atoms with van der Waals surface area (Å²) in [5.74, 6) is -3.37. The van der Waals surface area contributed by atoms with E-state index in [1.165, 1.54) is 18.2 Å². The number of hydrogen-bond donors (Lipinski definition) is 1. The summed E-state index contributed by atoms with van der Waals surface area (Å²) in [5.41, 5.74) is 6.07. The molecule has 0 fully saturated rings. The highest BCUT2D eigenvalue weighted by Crippen LogP contribution is 2.45. The highest BCUT2D eigenvalue weighted by Gasteiger charge is 2.33. The summed E-state index contributed by atoms with van der Waals surface area (Å²) < 4.78 is 186. The van der Waals surface area contributed by atoms with E-state index in [1.54, 1.807) is 0 Å². The molecule has 0 heterocycles. The first kappa shape index (κ1) is 40.0. The second-order valence-electron chi connectivity index (χ2n) is 11.2. The number of nitrogen functional groups attached to an aromatic ring is 1. The Hall–Kier alpha value is -2.82. The zero-order valence-electron chi connectivity index (χ0n) is 26.2. The number of anilines is 1. The molecule has 0 aromatic heterocycles. The Kier molecular flexibility index (Phi) is 10.6. The fourth-order valence-corrected chi connectivity index (χ4v) is 11.2. The predicted octanol–water partition coefficient (Wildman–Crippen LogP) is -1.34. The lowest BCUT2D eigenvalue weighted by Gasteiger charge is -2.25. The van der Waals surface area contributed by atoms with Gasteiger partial charge in [0.2, 0.25) is 30.1 Å². The van der Waals surface area contributed by atoms with Crippen molar-refractivity contribution in [2.45, 2.75) is 14.7 Å². The minimum atomic E-state index is -4.91. The standard InChI is InChI=1S/C25H32N4O15S6/c1-27(8-11-45(30,31)32)48(39,40)21-14-20(26)16-4-5-18-22(49(41,42)28(2)9-12-46(33,34)35)15-23(19-7-6-17(21)24(16)25(18)19)50(43,44)29(3)10-13-47(36,37)38/h4-7,14-15H,8-13,26H2,1-3H3,(H,30,31,32)(H,33,34,35)(H,36,37,38)/p-3. The Bertz CT molecular complexity index is 2590. The van der Waals surface area contributed by atoms with Gasteiger partial charge in [0.15, 0.2) is 0 Å². The number of rotatable bonds is 15. The predicted molar refractivity (Wildman–Crippen MR) is 178 cm³/mol. The molecule has 0 saturated carbocycles. The number of nitrogens with zero attached hydrogens (tertiary/aromatic N) is 3. The molecule has 278 valence electrons. The molecule has 0 spiro atoms. The molecule has 2 N–H and O–H groups in total. The second-order valence-corrected chi connectivity index (χ2v) is 21.8. The Morgan fingerprint density at radius 1 is 0.480 bits per heavy atom. The van der Waals surface area contributed by atoms with E-state index >= 15 is 0 Å². The summed E-state index contributed by atoms with van der Waals surface area (Å²) in [4.78, 5) is -1.99. The van der Waals surface area contributed by atoms with Crippen molar-refractivity contribution in [3.8, 4) is 0 Å². The molecule has 4 aromatic rings. The van der Waals surface area contributed by atoms with Gasteiger partial charge in [0, 0.05) is 78.8 Å². The molecule has 0 unspecified atom stereocenters. The van der Waals surface area contributed by atoms with Crippen LogP contribution in [0.3, 0.4) is 0 Å². The van der Waals surface area contributed by atoms with Crippen molar-refractivity contribution in [3.63, 3.8) is 0 Å². The first-order chi connectivity index (χ1) is 22.6. The molecular formula is C25H29N4O15S6-3. The van der Waals surface area contributed by atoms with Crippen molar-refractivity contribution >= 4 is 98.4 Å². The van der Waals surface area contributed by atoms with Crippen LogP contribution in [0.15, 0.2) is 51.1 Å². The van der Waals surface area contributed by atoms with E-state index in [4.69, 9.17) is 5.73 Å². The molecule has 0 bridgehead atoms. The van der Waals surface area contributed by atoms with Crippen molar-refractivity contribution in [3.05, 3.63) is 36.4 Å². The van der Waals surface area contributed by atoms with Crippen LogP contribution in [-0.2, 0) is 60.4 Å². The van der Waals surface area contributed by atoms with Gasteiger partial charge in [-0.05, 0) is 12.1 Å². The van der Waals surface area contributed by atoms with Gasteiger partial charge < -0.3 is 19.4 Å². The summed E-state index contributed by atoms with van der Waals surface area (Å²) in [6.07, 6.45) is 0. The number of benzene rings is 4. The first-order valence-electron chi connectivity index (χ1n) is 13.8. The van der Waals surface area contributed by atoms with E-state index in [0.717, 1.165) is 39.3 Å². The minimum Gasteiger partial charge on any atom is -0.748 e. The highest BCUT2D eigenvalue weighted by atomic mass is 32.2. The lowest BCUT2D eigenvalue weighted by Crippen LogP contribution is -2.33. The van der Waals surface area contributed by atoms with Crippen molar-refractivity contribution in [1.82, 2.24) is 12.9 Å². The van der Waals surface area contributed by atoms with E-state index in [1.807, 2.05) is 0 Å². The molecule has 0 saturated heterocycles. The molecule has 0 atom stereocenters. The zero-order chi connectivity index (χ0) is 38.0. The lowest BCUT2D eigenvalue weighted by atomic mass is 9.93. The van der Waals surface area contributed by atoms with Gasteiger partial charge in [-0.25, -0.2) is 50.5 Å². The van der Waals surface area contributed by atoms with Gasteiger partial charge in [0.1, 0.15) is 0 Å². The van der Waals surface area contributed by atoms with E-state index < -0.39 is 112 Å². The summed E-state index contributed by atoms with van der Waals surface area (Å²) in [5, 5.41) is -0.624. The Balaban J connectivity index is 2.14. The van der Waals surface area contributed by atoms with Gasteiger partial charge in [-0.15, -0.1) is 0 Å². The normalized spacial score (nSPS) is 14.3. The second kappa shape index (κ2) is 13.3. The van der Waals surface area contributed by atoms with Gasteiger partial charge in [-0.3, -0.25) is 0 Å². The SMILES string of the molecule is CN(CCS(=O)(=O)[O-])S(=O)(=O)c1cc(N)c2ccc3c(S(=O)(=O)N(C)CCS(=O)(=O)[O-])cc(S(=O)(=O)N(C)CCS(=O)(=O)[O-])c4ccc1c2c34. The van der Waals surface area contributed by atoms with Gasteiger partial charge in [0.05, 0.1) is 62.3 Å². The Morgan fingerprint density at radius 3 is 1.04 bits per heavy atom. The summed E-state index contributed by atoms with van der Waals surface area (Å²) in [6.45, 7) is -2.45. The average molecular weight is 818 g/mol. The fraction of sp³-hybridized carbons (Fsp3) is 0.360. The van der Waals surface area contributed by atoms with E-state index in [0.29, 0.717) is 12.9 Å². The van der Waals surface area contributed by atoms with Crippen LogP contribution in [-0.4, -0.2) is 135 Å². The van der Waals surface area contributed by atoms with Crippen LogP contribution in [0.5, 0.6) is 0 Å². The van der Waals surface area contributed by atoms with E-state index in [2.05, 4.69) is 0 Å². The van der Waals surface area contributed by atoms with E-state index in [-0.39, 0.29) is 38.0 Å². The molecule has 50 heavy (non-hydrogen) atoms. The molecular weight excluding hydrogens is 789 g/mol. The molecule has 0 aliphatic carbocycles. The fourth-order valence-electron chi connectivity index (χ4n) is 5.15. The summed E-state index contributed by atoms with van der Waals surface area (Å²) in [6, 6.07) is 6.68. The third-order valence-electron chi connectivity index (χ3n) is 7.85. The summed E-state index contributed by atoms with van der Waals surface area (Å²) in [7, 11) is -26.1. The van der Waals surface area contributed by atoms with Crippen LogP contribution < -0.4 is 5.73 Å². The zero-order valence-corrected chi connectivity index (χ0v) is 31.1. The molecule has 0 radical (unpaired) electrons. The van der Waals surface area contributed by atoms with Crippen LogP contribution in [0.25, 0.3) is 32.3 Å². The maximum Gasteiger partial charge on any atom is 0.243 e. The van der Waals surface area contributed by atoms with Crippen molar-refractivity contribution in [2.75, 3.05) is 63.8 Å². The number of sulfonamides is 3. The van der Waals surface area contributed by atoms with Crippen molar-refractivity contribution in [2.24, 2.45) is 0 Å². The Labute approximate surface area is 289 Å². The van der Waals surface area contributed by atoms with Gasteiger partial charge >= 0.3 is 0 Å². The topological polar surface area (TPSA) is 310 Å². The highest BCUT2D eigenvalue weighted by molar-refractivity contribution is 7.90. The average Bonchev–Trinajstić information content (AvgIpc) is 2.98. The summed E-state index contributed by atoms with van der Waals surface area (Å²) >= 11 is 0. The largest absolute Gasteiger partial charge is 0.748 e. The Morgan fingerprint density at radius 2 is 0.740 bits per heavy atom. The molecule has 0 amide bonds. The maximum absolute atomic E-state index is 13.9. The minimum absolute atomic E-state index is 0.0634. The van der Waals surface area contributed by atoms with Crippen molar-refractivity contribution < 1.29 is 64.2 Å². The van der Waals surface area contributed by atoms with Gasteiger partial charge in [-0.2, -0.15) is 12.9 Å². The molecule has 4 rings (SSSR count). The van der Waals surface area contributed by atoms with E-state index in [9.17, 15) is 64.2 Å². The molecule has 19 nitrogen and oxygen atoms in total. The van der Waals surface area contributed by atoms with Crippen molar-refractivity contribution in [1.29, 1.82) is 0 Å². The van der Waals surface area contributed by atoms with Crippen LogP contribution in [0, 0.1) is 0 Å². The quantitative estimate of drug-likeness (QED) is 0.0825. The third-order valence-corrected chi connectivity index (χ3v) is 15.6. The third kappa shape index (κ3) is 7.97. The molecule has 25 heteroatoms. The number of hydrogen-bond acceptors (Lipinski definition) is 16. The van der Waals surface area contributed by atoms with Crippen LogP contribution in [0.1, 0.15) is 0 Å². The smallest absolute Gasteiger partial charge is 0.243 e.